The Morgan fingerprint density at radius 2 is 2.05 bits per heavy atom. The van der Waals surface area contributed by atoms with E-state index >= 15 is 0 Å². The van der Waals surface area contributed by atoms with Crippen molar-refractivity contribution in [2.24, 2.45) is 0 Å². The van der Waals surface area contributed by atoms with Crippen LogP contribution in [0.1, 0.15) is 41.6 Å². The van der Waals surface area contributed by atoms with Crippen molar-refractivity contribution in [1.29, 1.82) is 0 Å². The maximum Gasteiger partial charge on any atom is 0.256 e. The monoisotopic (exact) mass is 282 g/mol. The molecule has 4 heteroatoms. The van der Waals surface area contributed by atoms with Gasteiger partial charge in [0.15, 0.2) is 0 Å². The second kappa shape index (κ2) is 4.72. The van der Waals surface area contributed by atoms with E-state index in [0.717, 1.165) is 44.2 Å². The first-order chi connectivity index (χ1) is 10.2. The van der Waals surface area contributed by atoms with Crippen molar-refractivity contribution in [3.05, 3.63) is 45.7 Å². The van der Waals surface area contributed by atoms with Gasteiger partial charge in [0.25, 0.3) is 5.91 Å². The molecule has 2 aliphatic rings. The number of amides is 1. The fraction of sp³-hybridized carbons (Fsp3) is 0.412. The summed E-state index contributed by atoms with van der Waals surface area (Å²) in [6, 6.07) is 6.03. The Bertz CT molecular complexity index is 785. The summed E-state index contributed by atoms with van der Waals surface area (Å²) in [5, 5.41) is 3.69. The van der Waals surface area contributed by atoms with Crippen molar-refractivity contribution in [2.45, 2.75) is 44.7 Å². The Labute approximate surface area is 122 Å². The molecule has 2 heterocycles. The van der Waals surface area contributed by atoms with Gasteiger partial charge in [-0.15, -0.1) is 0 Å². The molecule has 1 N–H and O–H groups in total. The third-order valence-electron chi connectivity index (χ3n) is 4.74. The fourth-order valence-corrected chi connectivity index (χ4v) is 3.65. The predicted molar refractivity (Wildman–Crippen MR) is 81.6 cm³/mol. The van der Waals surface area contributed by atoms with Crippen LogP contribution in [0.25, 0.3) is 10.9 Å². The number of carbonyl (C=O) groups is 1. The Balaban J connectivity index is 1.78. The number of rotatable bonds is 2. The van der Waals surface area contributed by atoms with Gasteiger partial charge >= 0.3 is 0 Å². The molecule has 108 valence electrons. The number of carbonyl (C=O) groups excluding carboxylic acids is 1. The molecule has 1 amide bonds. The molecule has 1 saturated carbocycles. The van der Waals surface area contributed by atoms with Crippen LogP contribution in [-0.2, 0) is 13.0 Å². The molecule has 4 rings (SSSR count). The van der Waals surface area contributed by atoms with E-state index in [4.69, 9.17) is 0 Å². The van der Waals surface area contributed by atoms with E-state index in [1.165, 1.54) is 5.56 Å². The van der Waals surface area contributed by atoms with Crippen LogP contribution >= 0.6 is 0 Å². The van der Waals surface area contributed by atoms with E-state index in [0.29, 0.717) is 5.39 Å². The fourth-order valence-electron chi connectivity index (χ4n) is 3.65. The van der Waals surface area contributed by atoms with Gasteiger partial charge in [-0.25, -0.2) is 0 Å². The van der Waals surface area contributed by atoms with Gasteiger partial charge in [0.2, 0.25) is 5.43 Å². The zero-order valence-electron chi connectivity index (χ0n) is 11.9. The van der Waals surface area contributed by atoms with Crippen molar-refractivity contribution in [1.82, 2.24) is 9.88 Å². The Hall–Kier alpha value is -2.10. The molecule has 0 radical (unpaired) electrons. The molecule has 1 aliphatic carbocycles. The topological polar surface area (TPSA) is 51.1 Å². The minimum Gasteiger partial charge on any atom is -0.349 e. The van der Waals surface area contributed by atoms with E-state index < -0.39 is 0 Å². The van der Waals surface area contributed by atoms with Crippen molar-refractivity contribution in [2.75, 3.05) is 0 Å². The van der Waals surface area contributed by atoms with Gasteiger partial charge in [-0.3, -0.25) is 9.59 Å². The Morgan fingerprint density at radius 1 is 1.24 bits per heavy atom. The number of hydrogen-bond donors (Lipinski definition) is 1. The number of benzene rings is 1. The minimum atomic E-state index is -0.213. The van der Waals surface area contributed by atoms with E-state index in [1.807, 2.05) is 12.1 Å². The molecule has 1 aromatic carbocycles. The van der Waals surface area contributed by atoms with E-state index in [1.54, 1.807) is 6.20 Å². The van der Waals surface area contributed by atoms with E-state index in [2.05, 4.69) is 16.0 Å². The van der Waals surface area contributed by atoms with Gasteiger partial charge < -0.3 is 9.88 Å². The highest BCUT2D eigenvalue weighted by molar-refractivity contribution is 5.98. The van der Waals surface area contributed by atoms with Crippen LogP contribution in [0.2, 0.25) is 0 Å². The molecule has 1 aliphatic heterocycles. The summed E-state index contributed by atoms with van der Waals surface area (Å²) in [6.45, 7) is 0.847. The molecular formula is C17H18N2O2. The lowest BCUT2D eigenvalue weighted by molar-refractivity contribution is 0.0936. The molecule has 0 spiro atoms. The number of nitrogens with zero attached hydrogens (tertiary/aromatic N) is 1. The second-order valence-electron chi connectivity index (χ2n) is 6.08. The van der Waals surface area contributed by atoms with Gasteiger partial charge in [-0.05, 0) is 30.9 Å². The molecule has 0 bridgehead atoms. The molecule has 2 aromatic rings. The summed E-state index contributed by atoms with van der Waals surface area (Å²) in [7, 11) is 0. The number of aromatic nitrogens is 1. The quantitative estimate of drug-likeness (QED) is 0.918. The van der Waals surface area contributed by atoms with Gasteiger partial charge in [0.1, 0.15) is 5.56 Å². The summed E-state index contributed by atoms with van der Waals surface area (Å²) in [4.78, 5) is 25.0. The molecule has 0 atom stereocenters. The molecule has 21 heavy (non-hydrogen) atoms. The first-order valence-corrected chi connectivity index (χ1v) is 7.70. The lowest BCUT2D eigenvalue weighted by Gasteiger charge is -2.13. The molecule has 1 fully saturated rings. The maximum absolute atomic E-state index is 12.6. The molecule has 0 unspecified atom stereocenters. The van der Waals surface area contributed by atoms with E-state index in [-0.39, 0.29) is 22.9 Å². The predicted octanol–water partition coefficient (Wildman–Crippen LogP) is 2.23. The number of para-hydroxylation sites is 1. The second-order valence-corrected chi connectivity index (χ2v) is 6.08. The molecular weight excluding hydrogens is 264 g/mol. The summed E-state index contributed by atoms with van der Waals surface area (Å²) in [5.74, 6) is -0.213. The van der Waals surface area contributed by atoms with Crippen molar-refractivity contribution < 1.29 is 4.79 Å². The van der Waals surface area contributed by atoms with Gasteiger partial charge in [0, 0.05) is 24.2 Å². The highest BCUT2D eigenvalue weighted by Gasteiger charge is 2.23. The Kier molecular flexibility index (Phi) is 2.84. The smallest absolute Gasteiger partial charge is 0.256 e. The highest BCUT2D eigenvalue weighted by atomic mass is 16.2. The molecule has 1 aromatic heterocycles. The van der Waals surface area contributed by atoms with Crippen LogP contribution in [0.15, 0.2) is 29.2 Å². The van der Waals surface area contributed by atoms with Crippen LogP contribution in [0, 0.1) is 0 Å². The number of pyridine rings is 1. The lowest BCUT2D eigenvalue weighted by atomic mass is 10.1. The van der Waals surface area contributed by atoms with Crippen molar-refractivity contribution >= 4 is 16.8 Å². The van der Waals surface area contributed by atoms with Crippen molar-refractivity contribution in [3.8, 4) is 0 Å². The summed E-state index contributed by atoms with van der Waals surface area (Å²) >= 11 is 0. The standard InChI is InChI=1S/C17H18N2O2/c20-16-13-7-3-4-11-8-9-19(15(11)13)10-14(16)17(21)18-12-5-1-2-6-12/h3-4,7,10,12H,1-2,5-6,8-9H2,(H,18,21). The largest absolute Gasteiger partial charge is 0.349 e. The zero-order valence-corrected chi connectivity index (χ0v) is 11.9. The molecule has 4 nitrogen and oxygen atoms in total. The number of hydrogen-bond acceptors (Lipinski definition) is 2. The Morgan fingerprint density at radius 3 is 2.86 bits per heavy atom. The van der Waals surface area contributed by atoms with Gasteiger partial charge in [0.05, 0.1) is 5.52 Å². The van der Waals surface area contributed by atoms with Crippen LogP contribution in [0.3, 0.4) is 0 Å². The number of aryl methyl sites for hydroxylation is 2. The first kappa shape index (κ1) is 12.6. The average molecular weight is 282 g/mol. The van der Waals surface area contributed by atoms with Crippen LogP contribution < -0.4 is 10.7 Å². The first-order valence-electron chi connectivity index (χ1n) is 7.70. The van der Waals surface area contributed by atoms with E-state index in [9.17, 15) is 9.59 Å². The highest BCUT2D eigenvalue weighted by Crippen LogP contribution is 2.24. The number of nitrogens with one attached hydrogen (secondary N) is 1. The van der Waals surface area contributed by atoms with Gasteiger partial charge in [-0.1, -0.05) is 25.0 Å². The minimum absolute atomic E-state index is 0.138. The summed E-state index contributed by atoms with van der Waals surface area (Å²) in [5.41, 5.74) is 2.35. The lowest BCUT2D eigenvalue weighted by Crippen LogP contribution is -2.36. The summed E-state index contributed by atoms with van der Waals surface area (Å²) in [6.07, 6.45) is 7.05. The third kappa shape index (κ3) is 1.97. The normalized spacial score (nSPS) is 17.5. The van der Waals surface area contributed by atoms with Crippen molar-refractivity contribution in [3.63, 3.8) is 0 Å². The summed E-state index contributed by atoms with van der Waals surface area (Å²) < 4.78 is 2.05. The third-order valence-corrected chi connectivity index (χ3v) is 4.74. The zero-order chi connectivity index (χ0) is 14.4. The maximum atomic E-state index is 12.6. The average Bonchev–Trinajstić information content (AvgIpc) is 3.13. The van der Waals surface area contributed by atoms with Crippen LogP contribution in [-0.4, -0.2) is 16.5 Å². The van der Waals surface area contributed by atoms with Crippen LogP contribution in [0.5, 0.6) is 0 Å². The molecule has 0 saturated heterocycles. The van der Waals surface area contributed by atoms with Crippen LogP contribution in [0.4, 0.5) is 0 Å². The SMILES string of the molecule is O=C(NC1CCCC1)c1cn2c3c(cccc3c1=O)CC2. The van der Waals surface area contributed by atoms with Gasteiger partial charge in [-0.2, -0.15) is 0 Å².